The van der Waals surface area contributed by atoms with Crippen LogP contribution in [0.15, 0.2) is 6.20 Å². The first-order valence-corrected chi connectivity index (χ1v) is 5.34. The Hall–Kier alpha value is -1.85. The van der Waals surface area contributed by atoms with E-state index in [4.69, 9.17) is 5.73 Å². The van der Waals surface area contributed by atoms with E-state index in [-0.39, 0.29) is 0 Å². The van der Waals surface area contributed by atoms with Gasteiger partial charge in [0.1, 0.15) is 5.69 Å². The molecule has 0 aliphatic rings. The van der Waals surface area contributed by atoms with Crippen LogP contribution in [0, 0.1) is 6.92 Å². The number of nitrogens with zero attached hydrogens (tertiary/aromatic N) is 5. The van der Waals surface area contributed by atoms with Crippen LogP contribution in [0.1, 0.15) is 24.7 Å². The van der Waals surface area contributed by atoms with Gasteiger partial charge in [-0.2, -0.15) is 5.10 Å². The summed E-state index contributed by atoms with van der Waals surface area (Å²) >= 11 is 0. The first kappa shape index (κ1) is 10.7. The molecule has 2 aromatic rings. The Labute approximate surface area is 94.1 Å². The maximum atomic E-state index is 5.80. The van der Waals surface area contributed by atoms with Crippen molar-refractivity contribution in [3.05, 3.63) is 17.6 Å². The minimum absolute atomic E-state index is 0.505. The largest absolute Gasteiger partial charge is 0.381 e. The molecule has 2 N–H and O–H groups in total. The fourth-order valence-corrected chi connectivity index (χ4v) is 1.77. The van der Waals surface area contributed by atoms with E-state index >= 15 is 0 Å². The Kier molecular flexibility index (Phi) is 2.64. The lowest BCUT2D eigenvalue weighted by Crippen LogP contribution is -2.04. The van der Waals surface area contributed by atoms with Crippen molar-refractivity contribution in [2.75, 3.05) is 5.73 Å². The van der Waals surface area contributed by atoms with E-state index in [1.54, 1.807) is 9.36 Å². The smallest absolute Gasteiger partial charge is 0.169 e. The van der Waals surface area contributed by atoms with Gasteiger partial charge in [-0.1, -0.05) is 18.6 Å². The third-order valence-electron chi connectivity index (χ3n) is 2.50. The molecular formula is C10H16N6. The average Bonchev–Trinajstić information content (AvgIpc) is 2.73. The topological polar surface area (TPSA) is 74.5 Å². The molecule has 0 saturated carbocycles. The Morgan fingerprint density at radius 1 is 1.44 bits per heavy atom. The van der Waals surface area contributed by atoms with Gasteiger partial charge in [0.2, 0.25) is 0 Å². The molecule has 6 nitrogen and oxygen atoms in total. The molecular weight excluding hydrogens is 204 g/mol. The summed E-state index contributed by atoms with van der Waals surface area (Å²) in [6.07, 6.45) is 3.80. The van der Waals surface area contributed by atoms with Crippen LogP contribution >= 0.6 is 0 Å². The maximum absolute atomic E-state index is 5.80. The van der Waals surface area contributed by atoms with Crippen molar-refractivity contribution in [2.45, 2.75) is 26.7 Å². The van der Waals surface area contributed by atoms with Gasteiger partial charge in [-0.15, -0.1) is 5.10 Å². The summed E-state index contributed by atoms with van der Waals surface area (Å²) in [5.74, 6) is 0.505. The molecule has 2 rings (SSSR count). The molecule has 0 aliphatic carbocycles. The predicted molar refractivity (Wildman–Crippen MR) is 61.3 cm³/mol. The van der Waals surface area contributed by atoms with Crippen molar-refractivity contribution in [2.24, 2.45) is 7.05 Å². The summed E-state index contributed by atoms with van der Waals surface area (Å²) in [5.41, 5.74) is 8.62. The highest BCUT2D eigenvalue weighted by atomic mass is 15.5. The van der Waals surface area contributed by atoms with Gasteiger partial charge in [0.15, 0.2) is 5.82 Å². The molecule has 2 aromatic heterocycles. The second kappa shape index (κ2) is 3.96. The number of hydrogen-bond acceptors (Lipinski definition) is 4. The zero-order valence-electron chi connectivity index (χ0n) is 9.80. The summed E-state index contributed by atoms with van der Waals surface area (Å²) in [7, 11) is 1.89. The van der Waals surface area contributed by atoms with E-state index in [0.717, 1.165) is 29.9 Å². The highest BCUT2D eigenvalue weighted by Crippen LogP contribution is 2.17. The van der Waals surface area contributed by atoms with Gasteiger partial charge >= 0.3 is 0 Å². The molecule has 0 amide bonds. The van der Waals surface area contributed by atoms with Crippen molar-refractivity contribution in [1.29, 1.82) is 0 Å². The van der Waals surface area contributed by atoms with Gasteiger partial charge < -0.3 is 5.73 Å². The summed E-state index contributed by atoms with van der Waals surface area (Å²) in [5, 5.41) is 12.3. The first-order valence-electron chi connectivity index (χ1n) is 5.34. The highest BCUT2D eigenvalue weighted by Gasteiger charge is 2.14. The second-order valence-electron chi connectivity index (χ2n) is 3.86. The minimum Gasteiger partial charge on any atom is -0.381 e. The van der Waals surface area contributed by atoms with E-state index in [0.29, 0.717) is 5.82 Å². The standard InChI is InChI=1S/C10H16N6/c1-4-5-8-10(11)12-14-16(8)9-6-15(3)13-7(9)2/h6H,4-5,11H2,1-3H3. The van der Waals surface area contributed by atoms with E-state index in [2.05, 4.69) is 22.3 Å². The van der Waals surface area contributed by atoms with E-state index in [9.17, 15) is 0 Å². The van der Waals surface area contributed by atoms with Crippen LogP contribution < -0.4 is 5.73 Å². The number of hydrogen-bond donors (Lipinski definition) is 1. The summed E-state index contributed by atoms with van der Waals surface area (Å²) < 4.78 is 3.54. The quantitative estimate of drug-likeness (QED) is 0.831. The molecule has 6 heteroatoms. The maximum Gasteiger partial charge on any atom is 0.169 e. The lowest BCUT2D eigenvalue weighted by atomic mass is 10.2. The van der Waals surface area contributed by atoms with E-state index in [1.165, 1.54) is 0 Å². The highest BCUT2D eigenvalue weighted by molar-refractivity contribution is 5.42. The molecule has 0 bridgehead atoms. The lowest BCUT2D eigenvalue weighted by Gasteiger charge is -2.03. The number of anilines is 1. The Morgan fingerprint density at radius 3 is 2.75 bits per heavy atom. The Bertz CT molecular complexity index is 495. The monoisotopic (exact) mass is 220 g/mol. The van der Waals surface area contributed by atoms with Crippen molar-refractivity contribution in [1.82, 2.24) is 24.8 Å². The van der Waals surface area contributed by atoms with E-state index in [1.807, 2.05) is 20.2 Å². The number of nitrogens with two attached hydrogens (primary N) is 1. The van der Waals surface area contributed by atoms with Crippen LogP contribution in [0.4, 0.5) is 5.82 Å². The fraction of sp³-hybridized carbons (Fsp3) is 0.500. The number of nitrogen functional groups attached to an aromatic ring is 1. The second-order valence-corrected chi connectivity index (χ2v) is 3.86. The number of aromatic nitrogens is 5. The van der Waals surface area contributed by atoms with Crippen LogP contribution in [-0.2, 0) is 13.5 Å². The van der Waals surface area contributed by atoms with Gasteiger partial charge in [0, 0.05) is 7.05 Å². The molecule has 16 heavy (non-hydrogen) atoms. The first-order chi connectivity index (χ1) is 7.63. The van der Waals surface area contributed by atoms with Gasteiger partial charge in [-0.3, -0.25) is 4.68 Å². The molecule has 0 unspecified atom stereocenters. The third-order valence-corrected chi connectivity index (χ3v) is 2.50. The zero-order valence-corrected chi connectivity index (χ0v) is 9.80. The molecule has 0 fully saturated rings. The molecule has 2 heterocycles. The molecule has 0 aliphatic heterocycles. The zero-order chi connectivity index (χ0) is 11.7. The van der Waals surface area contributed by atoms with Crippen molar-refractivity contribution >= 4 is 5.82 Å². The lowest BCUT2D eigenvalue weighted by molar-refractivity contribution is 0.740. The molecule has 0 atom stereocenters. The molecule has 0 saturated heterocycles. The van der Waals surface area contributed by atoms with Crippen molar-refractivity contribution in [3.8, 4) is 5.69 Å². The minimum atomic E-state index is 0.505. The number of aryl methyl sites for hydroxylation is 2. The van der Waals surface area contributed by atoms with Crippen LogP contribution in [-0.4, -0.2) is 24.8 Å². The van der Waals surface area contributed by atoms with Crippen LogP contribution in [0.5, 0.6) is 0 Å². The molecule has 0 radical (unpaired) electrons. The average molecular weight is 220 g/mol. The summed E-state index contributed by atoms with van der Waals surface area (Å²) in [4.78, 5) is 0. The van der Waals surface area contributed by atoms with Gasteiger partial charge in [-0.25, -0.2) is 4.68 Å². The van der Waals surface area contributed by atoms with Crippen LogP contribution in [0.3, 0.4) is 0 Å². The van der Waals surface area contributed by atoms with Gasteiger partial charge in [0.05, 0.1) is 17.6 Å². The predicted octanol–water partition coefficient (Wildman–Crippen LogP) is 0.844. The fourth-order valence-electron chi connectivity index (χ4n) is 1.77. The third kappa shape index (κ3) is 1.66. The molecule has 0 spiro atoms. The van der Waals surface area contributed by atoms with Crippen molar-refractivity contribution in [3.63, 3.8) is 0 Å². The van der Waals surface area contributed by atoms with Crippen molar-refractivity contribution < 1.29 is 0 Å². The van der Waals surface area contributed by atoms with Gasteiger partial charge in [-0.05, 0) is 13.3 Å². The molecule has 0 aromatic carbocycles. The Balaban J connectivity index is 2.51. The number of rotatable bonds is 3. The molecule has 86 valence electrons. The SMILES string of the molecule is CCCc1c(N)nnn1-c1cn(C)nc1C. The van der Waals surface area contributed by atoms with Crippen LogP contribution in [0.2, 0.25) is 0 Å². The Morgan fingerprint density at radius 2 is 2.19 bits per heavy atom. The van der Waals surface area contributed by atoms with Crippen LogP contribution in [0.25, 0.3) is 5.69 Å². The summed E-state index contributed by atoms with van der Waals surface area (Å²) in [6, 6.07) is 0. The van der Waals surface area contributed by atoms with Gasteiger partial charge in [0.25, 0.3) is 0 Å². The summed E-state index contributed by atoms with van der Waals surface area (Å²) in [6.45, 7) is 4.05. The van der Waals surface area contributed by atoms with E-state index < -0.39 is 0 Å². The normalized spacial score (nSPS) is 10.9.